The van der Waals surface area contributed by atoms with Crippen molar-refractivity contribution in [2.75, 3.05) is 36.0 Å². The average molecular weight is 331 g/mol. The third-order valence-corrected chi connectivity index (χ3v) is 4.57. The Bertz CT molecular complexity index is 709. The number of primary amides is 1. The molecule has 3 rings (SSSR count). The lowest BCUT2D eigenvalue weighted by atomic mass is 10.2. The average Bonchev–Trinajstić information content (AvgIpc) is 2.57. The Labute approximate surface area is 140 Å². The summed E-state index contributed by atoms with van der Waals surface area (Å²) >= 11 is 6.21. The van der Waals surface area contributed by atoms with Crippen LogP contribution in [0.2, 0.25) is 5.02 Å². The fourth-order valence-corrected chi connectivity index (χ4v) is 2.89. The Morgan fingerprint density at radius 3 is 2.22 bits per heavy atom. The number of aryl methyl sites for hydroxylation is 1. The maximum atomic E-state index is 11.1. The molecule has 0 aliphatic carbocycles. The maximum Gasteiger partial charge on any atom is 0.267 e. The van der Waals surface area contributed by atoms with E-state index in [1.165, 1.54) is 0 Å². The van der Waals surface area contributed by atoms with Crippen LogP contribution in [-0.4, -0.2) is 37.1 Å². The predicted molar refractivity (Wildman–Crippen MR) is 93.4 cm³/mol. The van der Waals surface area contributed by atoms with Crippen molar-refractivity contribution >= 4 is 28.9 Å². The highest BCUT2D eigenvalue weighted by atomic mass is 35.5. The Morgan fingerprint density at radius 1 is 1.09 bits per heavy atom. The first-order valence-corrected chi connectivity index (χ1v) is 7.94. The third kappa shape index (κ3) is 3.40. The number of nitrogens with two attached hydrogens (primary N) is 1. The second-order valence-corrected chi connectivity index (χ2v) is 6.08. The van der Waals surface area contributed by atoms with Crippen molar-refractivity contribution in [1.29, 1.82) is 0 Å². The van der Waals surface area contributed by atoms with Crippen LogP contribution in [0.25, 0.3) is 0 Å². The summed E-state index contributed by atoms with van der Waals surface area (Å²) < 4.78 is 0. The molecule has 1 fully saturated rings. The summed E-state index contributed by atoms with van der Waals surface area (Å²) in [6, 6.07) is 9.75. The van der Waals surface area contributed by atoms with Crippen molar-refractivity contribution in [2.45, 2.75) is 6.92 Å². The van der Waals surface area contributed by atoms with Crippen LogP contribution in [0.1, 0.15) is 16.1 Å². The molecular weight excluding hydrogens is 312 g/mol. The van der Waals surface area contributed by atoms with Crippen LogP contribution < -0.4 is 15.5 Å². The summed E-state index contributed by atoms with van der Waals surface area (Å²) in [6.07, 6.45) is 1.71. The molecule has 0 radical (unpaired) electrons. The number of rotatable bonds is 3. The molecule has 1 aliphatic rings. The number of hydrogen-bond acceptors (Lipinski definition) is 4. The molecule has 5 nitrogen and oxygen atoms in total. The molecule has 6 heteroatoms. The quantitative estimate of drug-likeness (QED) is 0.939. The van der Waals surface area contributed by atoms with Gasteiger partial charge in [-0.15, -0.1) is 0 Å². The van der Waals surface area contributed by atoms with Gasteiger partial charge in [-0.05, 0) is 36.8 Å². The van der Waals surface area contributed by atoms with Crippen LogP contribution >= 0.6 is 11.6 Å². The van der Waals surface area contributed by atoms with Gasteiger partial charge >= 0.3 is 0 Å². The van der Waals surface area contributed by atoms with E-state index < -0.39 is 5.91 Å². The lowest BCUT2D eigenvalue weighted by molar-refractivity contribution is 0.0995. The van der Waals surface area contributed by atoms with Gasteiger partial charge in [0.15, 0.2) is 0 Å². The molecule has 1 aromatic carbocycles. The van der Waals surface area contributed by atoms with E-state index >= 15 is 0 Å². The second kappa shape index (κ2) is 6.46. The maximum absolute atomic E-state index is 11.1. The van der Waals surface area contributed by atoms with Crippen molar-refractivity contribution in [3.63, 3.8) is 0 Å². The van der Waals surface area contributed by atoms with Crippen LogP contribution in [0.15, 0.2) is 36.5 Å². The first kappa shape index (κ1) is 15.6. The van der Waals surface area contributed by atoms with E-state index in [1.54, 1.807) is 12.3 Å². The Hall–Kier alpha value is -2.27. The molecule has 0 bridgehead atoms. The minimum Gasteiger partial charge on any atom is -0.368 e. The number of benzene rings is 1. The number of piperazine rings is 1. The number of aromatic nitrogens is 1. The van der Waals surface area contributed by atoms with E-state index in [2.05, 4.69) is 26.9 Å². The number of anilines is 2. The lowest BCUT2D eigenvalue weighted by Gasteiger charge is -2.37. The van der Waals surface area contributed by atoms with Crippen molar-refractivity contribution in [3.8, 4) is 0 Å². The van der Waals surface area contributed by atoms with Gasteiger partial charge < -0.3 is 15.5 Å². The van der Waals surface area contributed by atoms with Gasteiger partial charge in [-0.1, -0.05) is 17.7 Å². The zero-order valence-corrected chi connectivity index (χ0v) is 13.8. The Balaban J connectivity index is 1.65. The summed E-state index contributed by atoms with van der Waals surface area (Å²) in [7, 11) is 0. The second-order valence-electron chi connectivity index (χ2n) is 5.67. The van der Waals surface area contributed by atoms with E-state index in [-0.39, 0.29) is 0 Å². The third-order valence-electron chi connectivity index (χ3n) is 4.17. The van der Waals surface area contributed by atoms with Crippen LogP contribution in [0.5, 0.6) is 0 Å². The largest absolute Gasteiger partial charge is 0.368 e. The van der Waals surface area contributed by atoms with Crippen molar-refractivity contribution in [1.82, 2.24) is 4.98 Å². The van der Waals surface area contributed by atoms with Gasteiger partial charge in [0.1, 0.15) is 5.69 Å². The van der Waals surface area contributed by atoms with Crippen molar-refractivity contribution < 1.29 is 4.79 Å². The van der Waals surface area contributed by atoms with E-state index in [4.69, 9.17) is 17.3 Å². The number of halogens is 1. The monoisotopic (exact) mass is 330 g/mol. The van der Waals surface area contributed by atoms with Gasteiger partial charge in [0.25, 0.3) is 5.91 Å². The fraction of sp³-hybridized carbons (Fsp3) is 0.294. The fourth-order valence-electron chi connectivity index (χ4n) is 2.72. The molecule has 1 aliphatic heterocycles. The van der Waals surface area contributed by atoms with Crippen LogP contribution in [0.4, 0.5) is 11.4 Å². The smallest absolute Gasteiger partial charge is 0.267 e. The topological polar surface area (TPSA) is 62.5 Å². The Kier molecular flexibility index (Phi) is 4.39. The molecule has 2 N–H and O–H groups in total. The lowest BCUT2D eigenvalue weighted by Crippen LogP contribution is -2.46. The number of carbonyl (C=O) groups is 1. The number of hydrogen-bond donors (Lipinski definition) is 1. The van der Waals surface area contributed by atoms with Gasteiger partial charge in [0.2, 0.25) is 0 Å². The number of carbonyl (C=O) groups excluding carboxylic acids is 1. The van der Waals surface area contributed by atoms with Crippen LogP contribution in [-0.2, 0) is 0 Å². The molecule has 1 saturated heterocycles. The summed E-state index contributed by atoms with van der Waals surface area (Å²) in [4.78, 5) is 19.8. The van der Waals surface area contributed by atoms with Crippen LogP contribution in [0.3, 0.4) is 0 Å². The highest BCUT2D eigenvalue weighted by molar-refractivity contribution is 6.31. The molecule has 0 unspecified atom stereocenters. The van der Waals surface area contributed by atoms with Crippen molar-refractivity contribution in [3.05, 3.63) is 52.8 Å². The molecular formula is C17H19ClN4O. The van der Waals surface area contributed by atoms with Gasteiger partial charge in [-0.2, -0.15) is 0 Å². The minimum atomic E-state index is -0.502. The molecule has 0 atom stereocenters. The first-order valence-electron chi connectivity index (χ1n) is 7.56. The molecule has 0 spiro atoms. The number of nitrogens with zero attached hydrogens (tertiary/aromatic N) is 3. The normalized spacial score (nSPS) is 14.9. The standard InChI is InChI=1S/C17H19ClN4O/c1-12-2-3-13(10-15(12)18)21-6-8-22(9-7-21)14-4-5-16(17(19)23)20-11-14/h2-5,10-11H,6-9H2,1H3,(H2,19,23). The SMILES string of the molecule is Cc1ccc(N2CCN(c3ccc(C(N)=O)nc3)CC2)cc1Cl. The van der Waals surface area contributed by atoms with E-state index in [9.17, 15) is 4.79 Å². The summed E-state index contributed by atoms with van der Waals surface area (Å²) in [5, 5.41) is 0.802. The van der Waals surface area contributed by atoms with E-state index in [0.717, 1.165) is 48.1 Å². The van der Waals surface area contributed by atoms with E-state index in [0.29, 0.717) is 5.69 Å². The predicted octanol–water partition coefficient (Wildman–Crippen LogP) is 2.47. The zero-order chi connectivity index (χ0) is 16.4. The molecule has 23 heavy (non-hydrogen) atoms. The number of pyridine rings is 1. The van der Waals surface area contributed by atoms with Gasteiger partial charge in [-0.25, -0.2) is 4.98 Å². The molecule has 1 aromatic heterocycles. The molecule has 120 valence electrons. The van der Waals surface area contributed by atoms with Crippen LogP contribution in [0, 0.1) is 6.92 Å². The highest BCUT2D eigenvalue weighted by Gasteiger charge is 2.18. The zero-order valence-electron chi connectivity index (χ0n) is 13.0. The number of amides is 1. The summed E-state index contributed by atoms with van der Waals surface area (Å²) in [6.45, 7) is 5.62. The van der Waals surface area contributed by atoms with Gasteiger partial charge in [0.05, 0.1) is 11.9 Å². The first-order chi connectivity index (χ1) is 11.0. The highest BCUT2D eigenvalue weighted by Crippen LogP contribution is 2.25. The van der Waals surface area contributed by atoms with Gasteiger partial charge in [-0.3, -0.25) is 4.79 Å². The Morgan fingerprint density at radius 2 is 1.70 bits per heavy atom. The summed E-state index contributed by atoms with van der Waals surface area (Å²) in [5.41, 5.74) is 8.77. The minimum absolute atomic E-state index is 0.293. The van der Waals surface area contributed by atoms with Crippen molar-refractivity contribution in [2.24, 2.45) is 5.73 Å². The molecule has 0 saturated carbocycles. The molecule has 2 heterocycles. The molecule has 1 amide bonds. The summed E-state index contributed by atoms with van der Waals surface area (Å²) in [5.74, 6) is -0.502. The molecule has 2 aromatic rings. The van der Waals surface area contributed by atoms with E-state index in [1.807, 2.05) is 19.1 Å². The van der Waals surface area contributed by atoms with Gasteiger partial charge in [0, 0.05) is 36.9 Å².